The number of methoxy groups -OCH3 is 4. The molecule has 0 aromatic carbocycles. The Kier molecular flexibility index (Phi) is 25.9. The molecule has 0 aliphatic carbocycles. The van der Waals surface area contributed by atoms with E-state index in [-0.39, 0.29) is 55.7 Å². The van der Waals surface area contributed by atoms with E-state index < -0.39 is 0 Å². The van der Waals surface area contributed by atoms with E-state index in [0.29, 0.717) is 52.6 Å². The van der Waals surface area contributed by atoms with Crippen LogP contribution in [0.4, 0.5) is 0 Å². The number of hydrogen-bond acceptors (Lipinski definition) is 8. The number of hydrogen-bond donors (Lipinski definition) is 0. The topological polar surface area (TPSA) is 112 Å². The number of ketones is 2. The van der Waals surface area contributed by atoms with Crippen molar-refractivity contribution in [2.45, 2.75) is 26.7 Å². The van der Waals surface area contributed by atoms with Crippen molar-refractivity contribution in [3.63, 3.8) is 0 Å². The Morgan fingerprint density at radius 2 is 0.774 bits per heavy atom. The number of rotatable bonds is 16. The van der Waals surface area contributed by atoms with Gasteiger partial charge in [0.05, 0.1) is 39.3 Å². The summed E-state index contributed by atoms with van der Waals surface area (Å²) in [5.41, 5.74) is 0. The first-order chi connectivity index (χ1) is 14.2. The van der Waals surface area contributed by atoms with Gasteiger partial charge in [-0.2, -0.15) is 0 Å². The first-order valence-electron chi connectivity index (χ1n) is 9.73. The Morgan fingerprint density at radius 1 is 0.548 bits per heavy atom. The average Bonchev–Trinajstić information content (AvgIpc) is 2.67. The fourth-order valence-corrected chi connectivity index (χ4v) is 2.18. The van der Waals surface area contributed by atoms with Crippen LogP contribution in [0.15, 0.2) is 0 Å². The maximum atomic E-state index is 11.6. The summed E-state index contributed by atoms with van der Waals surface area (Å²) < 4.78 is 19.6. The van der Waals surface area contributed by atoms with Crippen LogP contribution >= 0.6 is 0 Å². The normalized spacial score (nSPS) is 9.74. The van der Waals surface area contributed by atoms with Crippen molar-refractivity contribution in [3.8, 4) is 0 Å². The van der Waals surface area contributed by atoms with Crippen LogP contribution in [0.3, 0.4) is 0 Å². The van der Waals surface area contributed by atoms with Crippen LogP contribution in [0.25, 0.3) is 0 Å². The van der Waals surface area contributed by atoms with Gasteiger partial charge in [-0.1, -0.05) is 0 Å². The van der Waals surface area contributed by atoms with Gasteiger partial charge in [-0.05, 0) is 13.8 Å². The molecule has 0 aromatic rings. The molecule has 0 spiro atoms. The van der Waals surface area contributed by atoms with Gasteiger partial charge in [-0.25, -0.2) is 0 Å². The van der Waals surface area contributed by atoms with Crippen molar-refractivity contribution in [1.29, 1.82) is 0 Å². The van der Waals surface area contributed by atoms with E-state index in [0.717, 1.165) is 0 Å². The first kappa shape index (κ1) is 34.4. The van der Waals surface area contributed by atoms with Crippen molar-refractivity contribution in [3.05, 3.63) is 0 Å². The molecule has 0 bridgehead atoms. The number of amides is 2. The second-order valence-corrected chi connectivity index (χ2v) is 6.49. The van der Waals surface area contributed by atoms with E-state index in [1.807, 2.05) is 0 Å². The van der Waals surface area contributed by atoms with Gasteiger partial charge in [0, 0.05) is 74.1 Å². The number of carbonyl (C=O) groups excluding carboxylic acids is 4. The molecule has 0 heterocycles. The Morgan fingerprint density at radius 3 is 0.935 bits per heavy atom. The van der Waals surface area contributed by atoms with Crippen molar-refractivity contribution >= 4 is 23.4 Å². The van der Waals surface area contributed by atoms with Gasteiger partial charge in [0.25, 0.3) is 0 Å². The Hall–Kier alpha value is -1.26. The average molecular weight is 500 g/mol. The molecule has 178 valence electrons. The molecule has 0 atom stereocenters. The quantitative estimate of drug-likeness (QED) is 0.218. The molecule has 0 unspecified atom stereocenters. The SMILES string of the molecule is COCCN(CCOC)C(=O)CC(C)=O.COCCN(CCOC)C(=O)CC(C)=O.[Zn]. The minimum absolute atomic E-state index is 0. The Bertz CT molecular complexity index is 446. The van der Waals surface area contributed by atoms with E-state index >= 15 is 0 Å². The predicted molar refractivity (Wildman–Crippen MR) is 111 cm³/mol. The molecule has 31 heavy (non-hydrogen) atoms. The first-order valence-corrected chi connectivity index (χ1v) is 9.73. The van der Waals surface area contributed by atoms with Gasteiger partial charge in [0.2, 0.25) is 11.8 Å². The molecular formula is C20H38N2O8Zn. The molecule has 0 saturated carbocycles. The van der Waals surface area contributed by atoms with Gasteiger partial charge in [0.15, 0.2) is 0 Å². The van der Waals surface area contributed by atoms with Gasteiger partial charge < -0.3 is 28.7 Å². The third-order valence-corrected chi connectivity index (χ3v) is 3.77. The summed E-state index contributed by atoms with van der Waals surface area (Å²) in [5.74, 6) is -0.590. The van der Waals surface area contributed by atoms with Crippen LogP contribution in [-0.2, 0) is 57.6 Å². The fraction of sp³-hybridized carbons (Fsp3) is 0.800. The van der Waals surface area contributed by atoms with Crippen molar-refractivity contribution < 1.29 is 57.6 Å². The molecule has 11 heteroatoms. The number of nitrogens with zero attached hydrogens (tertiary/aromatic N) is 2. The van der Waals surface area contributed by atoms with E-state index in [1.165, 1.54) is 13.8 Å². The zero-order chi connectivity index (χ0) is 23.4. The van der Waals surface area contributed by atoms with Crippen LogP contribution < -0.4 is 0 Å². The van der Waals surface area contributed by atoms with Crippen molar-refractivity contribution in [2.24, 2.45) is 0 Å². The fourth-order valence-electron chi connectivity index (χ4n) is 2.18. The summed E-state index contributed by atoms with van der Waals surface area (Å²) in [7, 11) is 6.29. The molecule has 0 aliphatic rings. The molecule has 0 radical (unpaired) electrons. The Labute approximate surface area is 198 Å². The molecule has 2 amide bonds. The monoisotopic (exact) mass is 498 g/mol. The smallest absolute Gasteiger partial charge is 0.230 e. The molecule has 0 aliphatic heterocycles. The molecule has 0 N–H and O–H groups in total. The maximum Gasteiger partial charge on any atom is 0.230 e. The third-order valence-electron chi connectivity index (χ3n) is 3.77. The zero-order valence-electron chi connectivity index (χ0n) is 19.9. The summed E-state index contributed by atoms with van der Waals surface area (Å²) in [6.07, 6.45) is -0.0964. The zero-order valence-corrected chi connectivity index (χ0v) is 22.9. The Balaban J connectivity index is -0.000000490. The van der Waals surface area contributed by atoms with E-state index in [2.05, 4.69) is 0 Å². The van der Waals surface area contributed by atoms with E-state index in [9.17, 15) is 19.2 Å². The number of Topliss-reactive ketones (excluding diaryl/α,β-unsaturated/α-hetero) is 2. The summed E-state index contributed by atoms with van der Waals surface area (Å²) in [6.45, 7) is 6.64. The third kappa shape index (κ3) is 21.8. The summed E-state index contributed by atoms with van der Waals surface area (Å²) >= 11 is 0. The second kappa shape index (κ2) is 23.4. The predicted octanol–water partition coefficient (Wildman–Crippen LogP) is 0.171. The van der Waals surface area contributed by atoms with Crippen LogP contribution in [0, 0.1) is 0 Å². The largest absolute Gasteiger partial charge is 0.383 e. The van der Waals surface area contributed by atoms with Gasteiger partial charge >= 0.3 is 0 Å². The standard InChI is InChI=1S/2C10H19NO4.Zn/c2*1-9(12)8-10(13)11(4-6-14-2)5-7-15-3;/h2*4-8H2,1-3H3;. The summed E-state index contributed by atoms with van der Waals surface area (Å²) in [6, 6.07) is 0. The van der Waals surface area contributed by atoms with Crippen LogP contribution in [0.2, 0.25) is 0 Å². The van der Waals surface area contributed by atoms with Crippen LogP contribution in [0.1, 0.15) is 26.7 Å². The molecule has 10 nitrogen and oxygen atoms in total. The maximum absolute atomic E-state index is 11.6. The van der Waals surface area contributed by atoms with Gasteiger partial charge in [-0.3, -0.25) is 19.2 Å². The molecule has 0 rings (SSSR count). The summed E-state index contributed by atoms with van der Waals surface area (Å²) in [5, 5.41) is 0. The van der Waals surface area contributed by atoms with E-state index in [4.69, 9.17) is 18.9 Å². The minimum atomic E-state index is -0.170. The molecule has 0 fully saturated rings. The van der Waals surface area contributed by atoms with Crippen molar-refractivity contribution in [2.75, 3.05) is 81.0 Å². The van der Waals surface area contributed by atoms with Gasteiger partial charge in [0.1, 0.15) is 11.6 Å². The minimum Gasteiger partial charge on any atom is -0.383 e. The number of ether oxygens (including phenoxy) is 4. The van der Waals surface area contributed by atoms with E-state index in [1.54, 1.807) is 38.2 Å². The van der Waals surface area contributed by atoms with Gasteiger partial charge in [-0.15, -0.1) is 0 Å². The molecular weight excluding hydrogens is 462 g/mol. The molecule has 0 saturated heterocycles. The van der Waals surface area contributed by atoms with Crippen LogP contribution in [0.5, 0.6) is 0 Å². The van der Waals surface area contributed by atoms with Crippen molar-refractivity contribution in [1.82, 2.24) is 9.80 Å². The van der Waals surface area contributed by atoms with Crippen LogP contribution in [-0.4, -0.2) is 114 Å². The second-order valence-electron chi connectivity index (χ2n) is 6.49. The summed E-state index contributed by atoms with van der Waals surface area (Å²) in [4.78, 5) is 47.9. The number of carbonyl (C=O) groups is 4. The molecule has 0 aromatic heterocycles.